The Kier molecular flexibility index (Phi) is 6.71. The first-order chi connectivity index (χ1) is 14.1. The molecule has 3 rings (SSSR count). The number of hydrogen-bond acceptors (Lipinski definition) is 3. The molecular formula is C23H21N3O2S. The van der Waals surface area contributed by atoms with Crippen LogP contribution in [0.3, 0.4) is 0 Å². The van der Waals surface area contributed by atoms with E-state index in [1.54, 1.807) is 30.3 Å². The quantitative estimate of drug-likeness (QED) is 0.443. The summed E-state index contributed by atoms with van der Waals surface area (Å²) in [5.74, 6) is -0.501. The Bertz CT molecular complexity index is 1090. The van der Waals surface area contributed by atoms with Gasteiger partial charge in [0.25, 0.3) is 5.91 Å². The molecule has 0 fully saturated rings. The molecule has 0 spiro atoms. The second-order valence-electron chi connectivity index (χ2n) is 6.29. The maximum Gasteiger partial charge on any atom is 0.251 e. The van der Waals surface area contributed by atoms with Gasteiger partial charge in [-0.1, -0.05) is 48.5 Å². The summed E-state index contributed by atoms with van der Waals surface area (Å²) >= 11 is 5.20. The van der Waals surface area contributed by atoms with Gasteiger partial charge >= 0.3 is 0 Å². The molecule has 0 bridgehead atoms. The highest BCUT2D eigenvalue weighted by Gasteiger charge is 2.07. The number of carbonyl (C=O) groups excluding carboxylic acids is 2. The first kappa shape index (κ1) is 20.2. The number of fused-ring (bicyclic) bond motifs is 1. The normalized spacial score (nSPS) is 10.7. The maximum atomic E-state index is 12.2. The van der Waals surface area contributed by atoms with Crippen molar-refractivity contribution in [2.45, 2.75) is 6.92 Å². The number of thiocarbonyl (C=S) groups is 1. The number of nitrogens with one attached hydrogen (secondary N) is 3. The Morgan fingerprint density at radius 2 is 1.76 bits per heavy atom. The van der Waals surface area contributed by atoms with E-state index in [1.807, 2.05) is 49.4 Å². The third-order valence-electron chi connectivity index (χ3n) is 4.19. The maximum absolute atomic E-state index is 12.2. The van der Waals surface area contributed by atoms with E-state index < -0.39 is 0 Å². The van der Waals surface area contributed by atoms with E-state index in [2.05, 4.69) is 16.0 Å². The van der Waals surface area contributed by atoms with Crippen molar-refractivity contribution in [3.8, 4) is 0 Å². The number of anilines is 1. The molecule has 0 aromatic heterocycles. The van der Waals surface area contributed by atoms with Gasteiger partial charge in [-0.25, -0.2) is 0 Å². The summed E-state index contributed by atoms with van der Waals surface area (Å²) in [4.78, 5) is 24.1. The average Bonchev–Trinajstić information content (AvgIpc) is 2.72. The summed E-state index contributed by atoms with van der Waals surface area (Å²) in [5, 5.41) is 10.6. The topological polar surface area (TPSA) is 70.2 Å². The van der Waals surface area contributed by atoms with Crippen molar-refractivity contribution in [1.29, 1.82) is 0 Å². The van der Waals surface area contributed by atoms with Crippen LogP contribution in [0.15, 0.2) is 72.8 Å². The highest BCUT2D eigenvalue weighted by Crippen LogP contribution is 2.19. The summed E-state index contributed by atoms with van der Waals surface area (Å²) in [6.45, 7) is 2.41. The zero-order valence-electron chi connectivity index (χ0n) is 15.9. The second kappa shape index (κ2) is 9.61. The summed E-state index contributed by atoms with van der Waals surface area (Å²) in [5.41, 5.74) is 2.09. The van der Waals surface area contributed by atoms with Gasteiger partial charge in [-0.15, -0.1) is 0 Å². The fraction of sp³-hybridized carbons (Fsp3) is 0.0870. The summed E-state index contributed by atoms with van der Waals surface area (Å²) in [6, 6.07) is 20.8. The minimum absolute atomic E-state index is 0.158. The Morgan fingerprint density at radius 1 is 1.00 bits per heavy atom. The van der Waals surface area contributed by atoms with Crippen LogP contribution in [-0.2, 0) is 4.79 Å². The summed E-state index contributed by atoms with van der Waals surface area (Å²) < 4.78 is 0. The van der Waals surface area contributed by atoms with Gasteiger partial charge in [0.1, 0.15) is 0 Å². The van der Waals surface area contributed by atoms with Crippen LogP contribution in [0.5, 0.6) is 0 Å². The van der Waals surface area contributed by atoms with E-state index >= 15 is 0 Å². The fourth-order valence-electron chi connectivity index (χ4n) is 2.88. The molecule has 0 saturated heterocycles. The minimum Gasteiger partial charge on any atom is -0.352 e. The van der Waals surface area contributed by atoms with E-state index in [0.29, 0.717) is 17.8 Å². The van der Waals surface area contributed by atoms with Crippen molar-refractivity contribution in [2.24, 2.45) is 0 Å². The van der Waals surface area contributed by atoms with E-state index in [1.165, 1.54) is 6.08 Å². The lowest BCUT2D eigenvalue weighted by Gasteiger charge is -2.10. The largest absolute Gasteiger partial charge is 0.352 e. The molecule has 0 unspecified atom stereocenters. The van der Waals surface area contributed by atoms with Crippen LogP contribution in [-0.4, -0.2) is 23.5 Å². The van der Waals surface area contributed by atoms with Crippen LogP contribution >= 0.6 is 12.2 Å². The first-order valence-corrected chi connectivity index (χ1v) is 9.63. The third kappa shape index (κ3) is 5.49. The van der Waals surface area contributed by atoms with Gasteiger partial charge in [-0.3, -0.25) is 14.9 Å². The third-order valence-corrected chi connectivity index (χ3v) is 4.40. The van der Waals surface area contributed by atoms with Crippen molar-refractivity contribution in [3.05, 3.63) is 83.9 Å². The van der Waals surface area contributed by atoms with Crippen molar-refractivity contribution in [3.63, 3.8) is 0 Å². The second-order valence-corrected chi connectivity index (χ2v) is 6.69. The Morgan fingerprint density at radius 3 is 2.59 bits per heavy atom. The number of amides is 2. The molecule has 3 aromatic carbocycles. The molecule has 0 aliphatic heterocycles. The molecule has 0 aliphatic carbocycles. The van der Waals surface area contributed by atoms with Gasteiger partial charge in [0.2, 0.25) is 5.91 Å². The number of benzene rings is 3. The van der Waals surface area contributed by atoms with Crippen molar-refractivity contribution in [2.75, 3.05) is 11.9 Å². The van der Waals surface area contributed by atoms with E-state index in [9.17, 15) is 9.59 Å². The highest BCUT2D eigenvalue weighted by atomic mass is 32.1. The predicted molar refractivity (Wildman–Crippen MR) is 122 cm³/mol. The van der Waals surface area contributed by atoms with Gasteiger partial charge in [0.15, 0.2) is 5.11 Å². The van der Waals surface area contributed by atoms with Crippen molar-refractivity contribution < 1.29 is 9.59 Å². The number of rotatable bonds is 5. The van der Waals surface area contributed by atoms with Gasteiger partial charge < -0.3 is 10.6 Å². The van der Waals surface area contributed by atoms with Crippen molar-refractivity contribution >= 4 is 51.7 Å². The molecule has 3 aromatic rings. The summed E-state index contributed by atoms with van der Waals surface area (Å²) in [7, 11) is 0. The Hall–Kier alpha value is -3.51. The number of carbonyl (C=O) groups is 2. The van der Waals surface area contributed by atoms with Crippen LogP contribution in [0.25, 0.3) is 16.8 Å². The fourth-order valence-corrected chi connectivity index (χ4v) is 3.10. The SMILES string of the molecule is CCNC(=O)c1cccc(NC(=S)NC(=O)/C=C/c2cccc3ccccc23)c1. The molecule has 2 amide bonds. The first-order valence-electron chi connectivity index (χ1n) is 9.23. The molecule has 0 aliphatic rings. The predicted octanol–water partition coefficient (Wildman–Crippen LogP) is 4.12. The van der Waals surface area contributed by atoms with Crippen LogP contribution < -0.4 is 16.0 Å². The lowest BCUT2D eigenvalue weighted by Crippen LogP contribution is -2.33. The number of hydrogen-bond donors (Lipinski definition) is 3. The minimum atomic E-state index is -0.338. The van der Waals surface area contributed by atoms with Crippen LogP contribution in [0.1, 0.15) is 22.8 Å². The van der Waals surface area contributed by atoms with Crippen LogP contribution in [0.4, 0.5) is 5.69 Å². The molecule has 0 heterocycles. The molecule has 0 saturated carbocycles. The lowest BCUT2D eigenvalue weighted by atomic mass is 10.0. The Labute approximate surface area is 174 Å². The van der Waals surface area contributed by atoms with E-state index in [-0.39, 0.29) is 16.9 Å². The van der Waals surface area contributed by atoms with Gasteiger partial charge in [0, 0.05) is 23.9 Å². The lowest BCUT2D eigenvalue weighted by molar-refractivity contribution is -0.115. The molecule has 146 valence electrons. The smallest absolute Gasteiger partial charge is 0.251 e. The average molecular weight is 404 g/mol. The van der Waals surface area contributed by atoms with Crippen molar-refractivity contribution in [1.82, 2.24) is 10.6 Å². The van der Waals surface area contributed by atoms with Crippen LogP contribution in [0, 0.1) is 0 Å². The molecule has 0 atom stereocenters. The van der Waals surface area contributed by atoms with Gasteiger partial charge in [-0.05, 0) is 59.8 Å². The molecule has 3 N–H and O–H groups in total. The molecule has 0 radical (unpaired) electrons. The Balaban J connectivity index is 1.62. The molecule has 5 nitrogen and oxygen atoms in total. The monoisotopic (exact) mass is 403 g/mol. The summed E-state index contributed by atoms with van der Waals surface area (Å²) in [6.07, 6.45) is 3.21. The van der Waals surface area contributed by atoms with Crippen LogP contribution in [0.2, 0.25) is 0 Å². The zero-order valence-corrected chi connectivity index (χ0v) is 16.8. The molecule has 29 heavy (non-hydrogen) atoms. The van der Waals surface area contributed by atoms with Gasteiger partial charge in [0.05, 0.1) is 0 Å². The highest BCUT2D eigenvalue weighted by molar-refractivity contribution is 7.80. The van der Waals surface area contributed by atoms with E-state index in [4.69, 9.17) is 12.2 Å². The van der Waals surface area contributed by atoms with E-state index in [0.717, 1.165) is 16.3 Å². The molecular weight excluding hydrogens is 382 g/mol. The molecule has 6 heteroatoms. The zero-order chi connectivity index (χ0) is 20.6. The standard InChI is InChI=1S/C23H21N3O2S/c1-2-24-22(28)18-10-6-11-19(15-18)25-23(29)26-21(27)14-13-17-9-5-8-16-7-3-4-12-20(16)17/h3-15H,2H2,1H3,(H,24,28)(H2,25,26,27,29)/b14-13+. The van der Waals surface area contributed by atoms with Gasteiger partial charge in [-0.2, -0.15) is 0 Å².